The first-order chi connectivity index (χ1) is 9.72. The van der Waals surface area contributed by atoms with Gasteiger partial charge in [-0.1, -0.05) is 46.6 Å². The fourth-order valence-corrected chi connectivity index (χ4v) is 2.50. The molecule has 0 bridgehead atoms. The van der Waals surface area contributed by atoms with E-state index >= 15 is 0 Å². The minimum atomic E-state index is -0.00500. The third-order valence-electron chi connectivity index (χ3n) is 3.29. The van der Waals surface area contributed by atoms with Gasteiger partial charge in [0.05, 0.1) is 5.52 Å². The molecule has 1 amide bonds. The second kappa shape index (κ2) is 7.39. The summed E-state index contributed by atoms with van der Waals surface area (Å²) in [6.07, 6.45) is 3.31. The monoisotopic (exact) mass is 334 g/mol. The number of halogens is 1. The predicted octanol–water partition coefficient (Wildman–Crippen LogP) is 3.87. The largest absolute Gasteiger partial charge is 0.340 e. The number of benzene rings is 1. The van der Waals surface area contributed by atoms with Crippen molar-refractivity contribution in [2.75, 3.05) is 18.9 Å². The van der Waals surface area contributed by atoms with Crippen LogP contribution in [0.2, 0.25) is 0 Å². The number of hydrogen-bond acceptors (Lipinski definition) is 2. The van der Waals surface area contributed by atoms with Gasteiger partial charge in [0.2, 0.25) is 0 Å². The predicted molar refractivity (Wildman–Crippen MR) is 86.3 cm³/mol. The van der Waals surface area contributed by atoms with Crippen LogP contribution in [-0.2, 0) is 0 Å². The molecule has 0 saturated heterocycles. The highest BCUT2D eigenvalue weighted by Crippen LogP contribution is 2.13. The van der Waals surface area contributed by atoms with Crippen LogP contribution in [0, 0.1) is 0 Å². The van der Waals surface area contributed by atoms with Gasteiger partial charge >= 0.3 is 0 Å². The lowest BCUT2D eigenvalue weighted by atomic mass is 10.2. The second-order valence-corrected chi connectivity index (χ2v) is 5.66. The topological polar surface area (TPSA) is 33.2 Å². The van der Waals surface area contributed by atoms with Gasteiger partial charge in [0.25, 0.3) is 5.91 Å². The molecule has 1 heterocycles. The molecule has 0 unspecified atom stereocenters. The molecule has 0 fully saturated rings. The van der Waals surface area contributed by atoms with Gasteiger partial charge < -0.3 is 4.90 Å². The third-order valence-corrected chi connectivity index (χ3v) is 3.85. The summed E-state index contributed by atoms with van der Waals surface area (Å²) in [6.45, 7) is 0.778. The summed E-state index contributed by atoms with van der Waals surface area (Å²) in [6, 6.07) is 11.6. The summed E-state index contributed by atoms with van der Waals surface area (Å²) in [5.41, 5.74) is 1.39. The number of hydrogen-bond donors (Lipinski definition) is 0. The first-order valence-electron chi connectivity index (χ1n) is 6.89. The van der Waals surface area contributed by atoms with Crippen LogP contribution in [0.5, 0.6) is 0 Å². The van der Waals surface area contributed by atoms with Gasteiger partial charge in [0.1, 0.15) is 5.69 Å². The number of amides is 1. The van der Waals surface area contributed by atoms with Gasteiger partial charge in [0.15, 0.2) is 0 Å². The Kier molecular flexibility index (Phi) is 5.53. The van der Waals surface area contributed by atoms with Crippen molar-refractivity contribution >= 4 is 32.7 Å². The summed E-state index contributed by atoms with van der Waals surface area (Å²) in [5.74, 6) is -0.00500. The minimum Gasteiger partial charge on any atom is -0.340 e. The molecule has 1 aromatic carbocycles. The number of pyridine rings is 1. The number of fused-ring (bicyclic) bond motifs is 1. The van der Waals surface area contributed by atoms with Crippen LogP contribution in [0.25, 0.3) is 10.9 Å². The first kappa shape index (κ1) is 15.0. The SMILES string of the molecule is CN(CCCCCBr)C(=O)c1ccc2ccccc2n1. The lowest BCUT2D eigenvalue weighted by Crippen LogP contribution is -2.28. The Bertz CT molecular complexity index is 585. The van der Waals surface area contributed by atoms with Gasteiger partial charge in [-0.05, 0) is 25.0 Å². The molecule has 106 valence electrons. The molecule has 0 aliphatic carbocycles. The Labute approximate surface area is 128 Å². The highest BCUT2D eigenvalue weighted by molar-refractivity contribution is 9.09. The zero-order valence-corrected chi connectivity index (χ0v) is 13.3. The van der Waals surface area contributed by atoms with E-state index in [0.29, 0.717) is 5.69 Å². The zero-order valence-electron chi connectivity index (χ0n) is 11.7. The Morgan fingerprint density at radius 3 is 2.75 bits per heavy atom. The number of alkyl halides is 1. The Balaban J connectivity index is 2.02. The molecular weight excluding hydrogens is 316 g/mol. The molecule has 0 radical (unpaired) electrons. The normalized spacial score (nSPS) is 10.7. The molecule has 3 nitrogen and oxygen atoms in total. The molecule has 20 heavy (non-hydrogen) atoms. The number of rotatable bonds is 6. The summed E-state index contributed by atoms with van der Waals surface area (Å²) < 4.78 is 0. The van der Waals surface area contributed by atoms with Crippen molar-refractivity contribution in [1.29, 1.82) is 0 Å². The van der Waals surface area contributed by atoms with Gasteiger partial charge in [0, 0.05) is 24.3 Å². The van der Waals surface area contributed by atoms with Crippen molar-refractivity contribution in [3.05, 3.63) is 42.1 Å². The maximum Gasteiger partial charge on any atom is 0.272 e. The average molecular weight is 335 g/mol. The van der Waals surface area contributed by atoms with E-state index in [-0.39, 0.29) is 5.91 Å². The van der Waals surface area contributed by atoms with Crippen LogP contribution < -0.4 is 0 Å². The van der Waals surface area contributed by atoms with Gasteiger partial charge in [-0.15, -0.1) is 0 Å². The molecule has 2 rings (SSSR count). The maximum atomic E-state index is 12.3. The van der Waals surface area contributed by atoms with E-state index in [1.807, 2.05) is 37.4 Å². The molecule has 0 spiro atoms. The molecular formula is C16H19BrN2O. The zero-order chi connectivity index (χ0) is 14.4. The fraction of sp³-hybridized carbons (Fsp3) is 0.375. The molecule has 4 heteroatoms. The third kappa shape index (κ3) is 3.79. The van der Waals surface area contributed by atoms with Crippen LogP contribution in [-0.4, -0.2) is 34.7 Å². The quantitative estimate of drug-likeness (QED) is 0.593. The van der Waals surface area contributed by atoms with Crippen molar-refractivity contribution in [1.82, 2.24) is 9.88 Å². The number of carbonyl (C=O) groups excluding carboxylic acids is 1. The van der Waals surface area contributed by atoms with E-state index in [1.54, 1.807) is 11.0 Å². The fourth-order valence-electron chi connectivity index (χ4n) is 2.10. The van der Waals surface area contributed by atoms with Crippen molar-refractivity contribution in [2.24, 2.45) is 0 Å². The Morgan fingerprint density at radius 2 is 1.95 bits per heavy atom. The number of nitrogens with zero attached hydrogens (tertiary/aromatic N) is 2. The van der Waals surface area contributed by atoms with E-state index in [9.17, 15) is 4.79 Å². The highest BCUT2D eigenvalue weighted by Gasteiger charge is 2.13. The number of para-hydroxylation sites is 1. The van der Waals surface area contributed by atoms with Gasteiger partial charge in [-0.25, -0.2) is 4.98 Å². The van der Waals surface area contributed by atoms with Crippen LogP contribution in [0.3, 0.4) is 0 Å². The summed E-state index contributed by atoms with van der Waals surface area (Å²) >= 11 is 3.41. The molecule has 0 N–H and O–H groups in total. The average Bonchev–Trinajstić information content (AvgIpc) is 2.50. The van der Waals surface area contributed by atoms with Crippen molar-refractivity contribution in [3.63, 3.8) is 0 Å². The van der Waals surface area contributed by atoms with Gasteiger partial charge in [-0.2, -0.15) is 0 Å². The second-order valence-electron chi connectivity index (χ2n) is 4.87. The van der Waals surface area contributed by atoms with E-state index in [4.69, 9.17) is 0 Å². The summed E-state index contributed by atoms with van der Waals surface area (Å²) in [7, 11) is 1.84. The Hall–Kier alpha value is -1.42. The highest BCUT2D eigenvalue weighted by atomic mass is 79.9. The van der Waals surface area contributed by atoms with E-state index in [1.165, 1.54) is 0 Å². The summed E-state index contributed by atoms with van der Waals surface area (Å²) in [4.78, 5) is 18.5. The maximum absolute atomic E-state index is 12.3. The smallest absolute Gasteiger partial charge is 0.272 e. The van der Waals surface area contributed by atoms with Gasteiger partial charge in [-0.3, -0.25) is 4.79 Å². The molecule has 0 saturated carbocycles. The lowest BCUT2D eigenvalue weighted by Gasteiger charge is -2.16. The van der Waals surface area contributed by atoms with Crippen LogP contribution >= 0.6 is 15.9 Å². The van der Waals surface area contributed by atoms with E-state index in [0.717, 1.165) is 42.0 Å². The van der Waals surface area contributed by atoms with E-state index in [2.05, 4.69) is 20.9 Å². The minimum absolute atomic E-state index is 0.00500. The number of aromatic nitrogens is 1. The van der Waals surface area contributed by atoms with Crippen LogP contribution in [0.1, 0.15) is 29.8 Å². The molecule has 0 aliphatic rings. The van der Waals surface area contributed by atoms with Crippen molar-refractivity contribution in [2.45, 2.75) is 19.3 Å². The summed E-state index contributed by atoms with van der Waals surface area (Å²) in [5, 5.41) is 2.08. The molecule has 2 aromatic rings. The van der Waals surface area contributed by atoms with Crippen LogP contribution in [0.15, 0.2) is 36.4 Å². The molecule has 0 aliphatic heterocycles. The Morgan fingerprint density at radius 1 is 1.15 bits per heavy atom. The van der Waals surface area contributed by atoms with E-state index < -0.39 is 0 Å². The standard InChI is InChI=1S/C16H19BrN2O/c1-19(12-6-2-5-11-17)16(20)15-10-9-13-7-3-4-8-14(13)18-15/h3-4,7-10H,2,5-6,11-12H2,1H3. The number of unbranched alkanes of at least 4 members (excludes halogenated alkanes) is 2. The molecule has 0 atom stereocenters. The van der Waals surface area contributed by atoms with Crippen molar-refractivity contribution in [3.8, 4) is 0 Å². The van der Waals surface area contributed by atoms with Crippen molar-refractivity contribution < 1.29 is 4.79 Å². The lowest BCUT2D eigenvalue weighted by molar-refractivity contribution is 0.0787. The molecule has 1 aromatic heterocycles. The first-order valence-corrected chi connectivity index (χ1v) is 8.02. The number of carbonyl (C=O) groups is 1. The van der Waals surface area contributed by atoms with Crippen LogP contribution in [0.4, 0.5) is 0 Å².